The molecule has 3 aromatic rings. The van der Waals surface area contributed by atoms with Crippen molar-refractivity contribution >= 4 is 45.8 Å². The molecule has 0 saturated carbocycles. The van der Waals surface area contributed by atoms with Crippen molar-refractivity contribution in [3.05, 3.63) is 95.8 Å². The van der Waals surface area contributed by atoms with Crippen LogP contribution in [0.2, 0.25) is 0 Å². The summed E-state index contributed by atoms with van der Waals surface area (Å²) in [6.45, 7) is 7.79. The SMILES string of the molecule is C=CCN1C(=O)C(=c2sc3n(c2=O)C(c2cccs2)C(C(=O)OCC)=C(C)N=3)c2ccccc21. The molecule has 0 fully saturated rings. The predicted octanol–water partition coefficient (Wildman–Crippen LogP) is 2.76. The van der Waals surface area contributed by atoms with Gasteiger partial charge in [-0.25, -0.2) is 9.79 Å². The van der Waals surface area contributed by atoms with E-state index in [9.17, 15) is 14.4 Å². The lowest BCUT2D eigenvalue weighted by Crippen LogP contribution is -2.40. The largest absolute Gasteiger partial charge is 0.463 e. The zero-order valence-electron chi connectivity index (χ0n) is 18.6. The number of esters is 1. The lowest BCUT2D eigenvalue weighted by molar-refractivity contribution is -0.139. The molecule has 172 valence electrons. The minimum atomic E-state index is -0.666. The molecule has 1 atom stereocenters. The van der Waals surface area contributed by atoms with Crippen LogP contribution in [0.25, 0.3) is 5.57 Å². The smallest absolute Gasteiger partial charge is 0.338 e. The van der Waals surface area contributed by atoms with Gasteiger partial charge in [-0.05, 0) is 31.4 Å². The summed E-state index contributed by atoms with van der Waals surface area (Å²) in [5, 5.41) is 1.90. The monoisotopic (exact) mass is 491 g/mol. The first-order valence-electron chi connectivity index (χ1n) is 10.8. The van der Waals surface area contributed by atoms with Gasteiger partial charge in [0.1, 0.15) is 10.6 Å². The lowest BCUT2D eigenvalue weighted by atomic mass is 10.0. The van der Waals surface area contributed by atoms with Crippen LogP contribution in [0.1, 0.15) is 30.3 Å². The number of aromatic nitrogens is 1. The summed E-state index contributed by atoms with van der Waals surface area (Å²) in [7, 11) is 0. The molecule has 4 heterocycles. The second-order valence-corrected chi connectivity index (χ2v) is 9.69. The number of para-hydroxylation sites is 1. The maximum atomic E-state index is 13.9. The van der Waals surface area contributed by atoms with Crippen LogP contribution in [0.5, 0.6) is 0 Å². The van der Waals surface area contributed by atoms with Gasteiger partial charge in [0.25, 0.3) is 11.5 Å². The summed E-state index contributed by atoms with van der Waals surface area (Å²) in [6.07, 6.45) is 1.66. The number of carbonyl (C=O) groups is 2. The third kappa shape index (κ3) is 3.31. The van der Waals surface area contributed by atoms with Gasteiger partial charge in [0.15, 0.2) is 4.80 Å². The zero-order valence-corrected chi connectivity index (χ0v) is 20.2. The van der Waals surface area contributed by atoms with Gasteiger partial charge in [-0.15, -0.1) is 17.9 Å². The van der Waals surface area contributed by atoms with Crippen molar-refractivity contribution in [2.75, 3.05) is 18.1 Å². The van der Waals surface area contributed by atoms with Crippen molar-refractivity contribution in [2.45, 2.75) is 19.9 Å². The molecule has 2 aromatic heterocycles. The number of hydrogen-bond donors (Lipinski definition) is 0. The van der Waals surface area contributed by atoms with E-state index in [1.807, 2.05) is 41.8 Å². The average molecular weight is 492 g/mol. The van der Waals surface area contributed by atoms with Gasteiger partial charge < -0.3 is 9.64 Å². The van der Waals surface area contributed by atoms with E-state index < -0.39 is 12.0 Å². The number of amides is 1. The standard InChI is InChI=1S/C25H21N3O4S2/c1-4-12-27-16-10-7-6-9-15(16)19(22(27)29)21-23(30)28-20(17-11-8-13-33-17)18(24(31)32-5-2)14(3)26-25(28)34-21/h4,6-11,13,20H,1,5,12H2,2-3H3. The molecule has 5 rings (SSSR count). The highest BCUT2D eigenvalue weighted by Crippen LogP contribution is 2.36. The number of allylic oxidation sites excluding steroid dienone is 1. The molecule has 0 radical (unpaired) electrons. The molecule has 1 amide bonds. The first kappa shape index (κ1) is 22.2. The number of benzene rings is 1. The Balaban J connectivity index is 1.81. The number of rotatable bonds is 5. The van der Waals surface area contributed by atoms with Crippen molar-refractivity contribution in [3.8, 4) is 0 Å². The molecule has 1 unspecified atom stereocenters. The summed E-state index contributed by atoms with van der Waals surface area (Å²) in [5.41, 5.74) is 2.28. The molecule has 1 aromatic carbocycles. The van der Waals surface area contributed by atoms with Gasteiger partial charge in [-0.3, -0.25) is 14.2 Å². The number of anilines is 1. The highest BCUT2D eigenvalue weighted by molar-refractivity contribution is 7.10. The number of ether oxygens (including phenoxy) is 1. The van der Waals surface area contributed by atoms with Crippen molar-refractivity contribution < 1.29 is 14.3 Å². The molecule has 34 heavy (non-hydrogen) atoms. The highest BCUT2D eigenvalue weighted by Gasteiger charge is 2.37. The maximum absolute atomic E-state index is 13.9. The van der Waals surface area contributed by atoms with Crippen LogP contribution in [-0.2, 0) is 14.3 Å². The van der Waals surface area contributed by atoms with Crippen molar-refractivity contribution in [3.63, 3.8) is 0 Å². The van der Waals surface area contributed by atoms with E-state index in [-0.39, 0.29) is 18.1 Å². The van der Waals surface area contributed by atoms with E-state index in [1.165, 1.54) is 27.2 Å². The summed E-state index contributed by atoms with van der Waals surface area (Å²) in [5.74, 6) is -0.750. The predicted molar refractivity (Wildman–Crippen MR) is 133 cm³/mol. The number of thiophene rings is 1. The molecule has 0 spiro atoms. The van der Waals surface area contributed by atoms with Crippen LogP contribution < -0.4 is 19.8 Å². The number of hydrogen-bond acceptors (Lipinski definition) is 7. The van der Waals surface area contributed by atoms with Crippen molar-refractivity contribution in [1.29, 1.82) is 0 Å². The number of nitrogens with zero attached hydrogens (tertiary/aromatic N) is 3. The topological polar surface area (TPSA) is 81.0 Å². The Morgan fingerprint density at radius 3 is 2.74 bits per heavy atom. The number of fused-ring (bicyclic) bond motifs is 2. The maximum Gasteiger partial charge on any atom is 0.338 e. The average Bonchev–Trinajstić information content (AvgIpc) is 3.52. The quantitative estimate of drug-likeness (QED) is 0.406. The third-order valence-corrected chi connectivity index (χ3v) is 7.75. The molecule has 2 aliphatic heterocycles. The van der Waals surface area contributed by atoms with Gasteiger partial charge >= 0.3 is 5.97 Å². The molecular formula is C25H21N3O4S2. The Hall–Kier alpha value is -3.56. The van der Waals surface area contributed by atoms with Crippen molar-refractivity contribution in [2.24, 2.45) is 4.99 Å². The third-order valence-electron chi connectivity index (χ3n) is 5.77. The number of carbonyl (C=O) groups excluding carboxylic acids is 2. The molecule has 0 N–H and O–H groups in total. The fourth-order valence-electron chi connectivity index (χ4n) is 4.37. The Bertz CT molecular complexity index is 1540. The van der Waals surface area contributed by atoms with Gasteiger partial charge in [0.05, 0.1) is 29.1 Å². The molecule has 9 heteroatoms. The lowest BCUT2D eigenvalue weighted by Gasteiger charge is -2.23. The minimum absolute atomic E-state index is 0.214. The summed E-state index contributed by atoms with van der Waals surface area (Å²) in [6, 6.07) is 10.5. The number of thiazole rings is 1. The summed E-state index contributed by atoms with van der Waals surface area (Å²) < 4.78 is 7.13. The molecule has 2 aliphatic rings. The molecular weight excluding hydrogens is 470 g/mol. The van der Waals surface area contributed by atoms with Crippen LogP contribution in [0.15, 0.2) is 75.5 Å². The van der Waals surface area contributed by atoms with E-state index >= 15 is 0 Å². The normalized spacial score (nSPS) is 18.5. The van der Waals surface area contributed by atoms with E-state index in [1.54, 1.807) is 24.8 Å². The summed E-state index contributed by atoms with van der Waals surface area (Å²) in [4.78, 5) is 47.7. The highest BCUT2D eigenvalue weighted by atomic mass is 32.1. The van der Waals surface area contributed by atoms with Gasteiger partial charge in [-0.1, -0.05) is 41.7 Å². The second-order valence-electron chi connectivity index (χ2n) is 7.73. The molecule has 0 saturated heterocycles. The summed E-state index contributed by atoms with van der Waals surface area (Å²) >= 11 is 2.62. The van der Waals surface area contributed by atoms with Crippen molar-refractivity contribution in [1.82, 2.24) is 4.57 Å². The molecule has 7 nitrogen and oxygen atoms in total. The minimum Gasteiger partial charge on any atom is -0.463 e. The van der Waals surface area contributed by atoms with Crippen LogP contribution >= 0.6 is 22.7 Å². The van der Waals surface area contributed by atoms with Gasteiger partial charge in [0.2, 0.25) is 0 Å². The van der Waals surface area contributed by atoms with E-state index in [2.05, 4.69) is 11.6 Å². The van der Waals surface area contributed by atoms with Crippen LogP contribution in [0, 0.1) is 0 Å². The first-order chi connectivity index (χ1) is 16.5. The Labute approximate surface area is 203 Å². The van der Waals surface area contributed by atoms with Crippen LogP contribution in [0.4, 0.5) is 5.69 Å². The first-order valence-corrected chi connectivity index (χ1v) is 12.4. The van der Waals surface area contributed by atoms with E-state index in [0.29, 0.717) is 38.3 Å². The van der Waals surface area contributed by atoms with Gasteiger partial charge in [0, 0.05) is 17.0 Å². The molecule has 0 bridgehead atoms. The second kappa shape index (κ2) is 8.66. The Morgan fingerprint density at radius 1 is 1.24 bits per heavy atom. The zero-order chi connectivity index (χ0) is 24.0. The van der Waals surface area contributed by atoms with Crippen LogP contribution in [-0.4, -0.2) is 29.6 Å². The molecule has 0 aliphatic carbocycles. The Morgan fingerprint density at radius 2 is 2.03 bits per heavy atom. The fraction of sp³-hybridized carbons (Fsp3) is 0.200. The fourth-order valence-corrected chi connectivity index (χ4v) is 6.33. The van der Waals surface area contributed by atoms with Crippen LogP contribution in [0.3, 0.4) is 0 Å². The van der Waals surface area contributed by atoms with E-state index in [4.69, 9.17) is 4.74 Å². The van der Waals surface area contributed by atoms with E-state index in [0.717, 1.165) is 10.6 Å². The van der Waals surface area contributed by atoms with Gasteiger partial charge in [-0.2, -0.15) is 0 Å². The Kier molecular flexibility index (Phi) is 5.66.